The molecule has 1 heterocycles. The molecular weight excluding hydrogens is 252 g/mol. The molecule has 19 heavy (non-hydrogen) atoms. The highest BCUT2D eigenvalue weighted by Crippen LogP contribution is 2.30. The third-order valence-corrected chi connectivity index (χ3v) is 2.78. The first-order valence-electron chi connectivity index (χ1n) is 5.74. The molecule has 0 atom stereocenters. The van der Waals surface area contributed by atoms with Gasteiger partial charge in [-0.25, -0.2) is 13.5 Å². The molecule has 4 nitrogen and oxygen atoms in total. The van der Waals surface area contributed by atoms with Crippen molar-refractivity contribution >= 4 is 12.1 Å². The Kier molecular flexibility index (Phi) is 3.33. The van der Waals surface area contributed by atoms with Crippen molar-refractivity contribution in [1.82, 2.24) is 9.78 Å². The number of carbonyl (C=O) groups excluding carboxylic acids is 1. The van der Waals surface area contributed by atoms with E-state index in [0.29, 0.717) is 6.29 Å². The Morgan fingerprint density at radius 1 is 1.37 bits per heavy atom. The van der Waals surface area contributed by atoms with Crippen LogP contribution >= 0.6 is 0 Å². The third-order valence-electron chi connectivity index (χ3n) is 2.78. The van der Waals surface area contributed by atoms with Crippen LogP contribution in [0.1, 0.15) is 30.2 Å². The third kappa shape index (κ3) is 2.21. The second kappa shape index (κ2) is 4.79. The first-order valence-corrected chi connectivity index (χ1v) is 5.74. The maximum absolute atomic E-state index is 13.7. The predicted molar refractivity (Wildman–Crippen MR) is 67.8 cm³/mol. The second-order valence-corrected chi connectivity index (χ2v) is 4.43. The van der Waals surface area contributed by atoms with Crippen LogP contribution in [-0.4, -0.2) is 16.1 Å². The van der Waals surface area contributed by atoms with Crippen molar-refractivity contribution in [3.05, 3.63) is 35.4 Å². The van der Waals surface area contributed by atoms with Gasteiger partial charge in [-0.1, -0.05) is 0 Å². The molecule has 0 radical (unpaired) electrons. The van der Waals surface area contributed by atoms with Crippen LogP contribution in [0, 0.1) is 11.6 Å². The number of aromatic nitrogens is 2. The lowest BCUT2D eigenvalue weighted by molar-refractivity contribution is 0.112. The molecule has 0 aliphatic carbocycles. The monoisotopic (exact) mass is 265 g/mol. The molecular formula is C13H13F2N3O. The van der Waals surface area contributed by atoms with Gasteiger partial charge in [0.15, 0.2) is 6.29 Å². The molecule has 100 valence electrons. The number of carbonyl (C=O) groups is 1. The van der Waals surface area contributed by atoms with Crippen LogP contribution in [0.5, 0.6) is 0 Å². The number of aldehydes is 1. The van der Waals surface area contributed by atoms with Gasteiger partial charge in [0, 0.05) is 11.6 Å². The lowest BCUT2D eigenvalue weighted by Crippen LogP contribution is -2.07. The number of halogens is 2. The van der Waals surface area contributed by atoms with Crippen LogP contribution in [0.3, 0.4) is 0 Å². The Balaban J connectivity index is 2.71. The summed E-state index contributed by atoms with van der Waals surface area (Å²) < 4.78 is 28.4. The number of benzene rings is 1. The van der Waals surface area contributed by atoms with E-state index in [0.717, 1.165) is 18.2 Å². The molecule has 0 saturated heterocycles. The fourth-order valence-electron chi connectivity index (χ4n) is 1.85. The smallest absolute Gasteiger partial charge is 0.156 e. The number of hydrogen-bond acceptors (Lipinski definition) is 3. The quantitative estimate of drug-likeness (QED) is 0.868. The van der Waals surface area contributed by atoms with Crippen LogP contribution in [-0.2, 0) is 0 Å². The molecule has 2 aromatic rings. The SMILES string of the molecule is CC(C)n1nc(-c2cc(F)ccc2F)c(C=O)c1N. The Morgan fingerprint density at radius 3 is 2.63 bits per heavy atom. The van der Waals surface area contributed by atoms with Crippen molar-refractivity contribution in [2.45, 2.75) is 19.9 Å². The molecule has 0 saturated carbocycles. The lowest BCUT2D eigenvalue weighted by Gasteiger charge is -2.06. The normalized spacial score (nSPS) is 11.0. The summed E-state index contributed by atoms with van der Waals surface area (Å²) in [4.78, 5) is 11.1. The van der Waals surface area contributed by atoms with E-state index in [9.17, 15) is 13.6 Å². The topological polar surface area (TPSA) is 60.9 Å². The average molecular weight is 265 g/mol. The first kappa shape index (κ1) is 13.2. The second-order valence-electron chi connectivity index (χ2n) is 4.43. The minimum absolute atomic E-state index is 0.0539. The number of rotatable bonds is 3. The summed E-state index contributed by atoms with van der Waals surface area (Å²) in [6, 6.07) is 2.89. The zero-order valence-corrected chi connectivity index (χ0v) is 10.5. The van der Waals surface area contributed by atoms with E-state index in [4.69, 9.17) is 5.73 Å². The molecule has 2 rings (SSSR count). The van der Waals surface area contributed by atoms with Gasteiger partial charge >= 0.3 is 0 Å². The van der Waals surface area contributed by atoms with Crippen molar-refractivity contribution in [2.24, 2.45) is 0 Å². The molecule has 2 N–H and O–H groups in total. The van der Waals surface area contributed by atoms with E-state index >= 15 is 0 Å². The van der Waals surface area contributed by atoms with Gasteiger partial charge < -0.3 is 5.73 Å². The van der Waals surface area contributed by atoms with Crippen molar-refractivity contribution in [3.8, 4) is 11.3 Å². The molecule has 0 aliphatic heterocycles. The molecule has 0 amide bonds. The number of nitrogens with zero attached hydrogens (tertiary/aromatic N) is 2. The Morgan fingerprint density at radius 2 is 2.05 bits per heavy atom. The van der Waals surface area contributed by atoms with Crippen LogP contribution in [0.25, 0.3) is 11.3 Å². The largest absolute Gasteiger partial charge is 0.383 e. The molecule has 0 fully saturated rings. The number of nitrogens with two attached hydrogens (primary N) is 1. The molecule has 1 aromatic carbocycles. The summed E-state index contributed by atoms with van der Waals surface area (Å²) in [5.41, 5.74) is 5.84. The van der Waals surface area contributed by atoms with Crippen molar-refractivity contribution in [2.75, 3.05) is 5.73 Å². The van der Waals surface area contributed by atoms with E-state index < -0.39 is 11.6 Å². The van der Waals surface area contributed by atoms with Crippen LogP contribution in [0.4, 0.5) is 14.6 Å². The van der Waals surface area contributed by atoms with Crippen LogP contribution < -0.4 is 5.73 Å². The van der Waals surface area contributed by atoms with Gasteiger partial charge in [-0.3, -0.25) is 4.79 Å². The molecule has 0 bridgehead atoms. The highest BCUT2D eigenvalue weighted by molar-refractivity contribution is 5.91. The van der Waals surface area contributed by atoms with E-state index in [-0.39, 0.29) is 28.7 Å². The number of nitrogen functional groups attached to an aromatic ring is 1. The van der Waals surface area contributed by atoms with Gasteiger partial charge in [0.25, 0.3) is 0 Å². The fourth-order valence-corrected chi connectivity index (χ4v) is 1.85. The maximum atomic E-state index is 13.7. The van der Waals surface area contributed by atoms with Gasteiger partial charge in [-0.15, -0.1) is 0 Å². The molecule has 0 unspecified atom stereocenters. The standard InChI is InChI=1S/C13H13F2N3O/c1-7(2)18-13(16)10(6-19)12(17-18)9-5-8(14)3-4-11(9)15/h3-7H,16H2,1-2H3. The summed E-state index contributed by atoms with van der Waals surface area (Å²) in [5.74, 6) is -1.12. The summed E-state index contributed by atoms with van der Waals surface area (Å²) >= 11 is 0. The summed E-state index contributed by atoms with van der Waals surface area (Å²) in [5, 5.41) is 4.11. The van der Waals surface area contributed by atoms with E-state index in [2.05, 4.69) is 5.10 Å². The Hall–Kier alpha value is -2.24. The van der Waals surface area contributed by atoms with Gasteiger partial charge in [0.1, 0.15) is 23.1 Å². The summed E-state index contributed by atoms with van der Waals surface area (Å²) in [6.07, 6.45) is 0.501. The summed E-state index contributed by atoms with van der Waals surface area (Å²) in [6.45, 7) is 3.65. The zero-order valence-electron chi connectivity index (χ0n) is 10.5. The number of hydrogen-bond donors (Lipinski definition) is 1. The average Bonchev–Trinajstić information content (AvgIpc) is 2.69. The zero-order chi connectivity index (χ0) is 14.2. The fraction of sp³-hybridized carbons (Fsp3) is 0.231. The highest BCUT2D eigenvalue weighted by Gasteiger charge is 2.20. The molecule has 1 aromatic heterocycles. The minimum Gasteiger partial charge on any atom is -0.383 e. The van der Waals surface area contributed by atoms with Crippen molar-refractivity contribution in [3.63, 3.8) is 0 Å². The van der Waals surface area contributed by atoms with E-state index in [1.807, 2.05) is 13.8 Å². The van der Waals surface area contributed by atoms with Gasteiger partial charge in [-0.2, -0.15) is 5.10 Å². The van der Waals surface area contributed by atoms with Gasteiger partial charge in [-0.05, 0) is 32.0 Å². The van der Waals surface area contributed by atoms with Crippen molar-refractivity contribution in [1.29, 1.82) is 0 Å². The Labute approximate surface area is 108 Å². The van der Waals surface area contributed by atoms with Gasteiger partial charge in [0.2, 0.25) is 0 Å². The molecule has 0 spiro atoms. The van der Waals surface area contributed by atoms with E-state index in [1.54, 1.807) is 0 Å². The number of anilines is 1. The van der Waals surface area contributed by atoms with Crippen LogP contribution in [0.15, 0.2) is 18.2 Å². The molecule has 0 aliphatic rings. The summed E-state index contributed by atoms with van der Waals surface area (Å²) in [7, 11) is 0. The van der Waals surface area contributed by atoms with Crippen molar-refractivity contribution < 1.29 is 13.6 Å². The minimum atomic E-state index is -0.655. The van der Waals surface area contributed by atoms with Gasteiger partial charge in [0.05, 0.1) is 5.56 Å². The lowest BCUT2D eigenvalue weighted by atomic mass is 10.1. The molecule has 6 heteroatoms. The maximum Gasteiger partial charge on any atom is 0.156 e. The first-order chi connectivity index (χ1) is 8.95. The highest BCUT2D eigenvalue weighted by atomic mass is 19.1. The Bertz CT molecular complexity index is 635. The van der Waals surface area contributed by atoms with Crippen LogP contribution in [0.2, 0.25) is 0 Å². The van der Waals surface area contributed by atoms with E-state index in [1.165, 1.54) is 4.68 Å². The predicted octanol–water partition coefficient (Wildman–Crippen LogP) is 2.80.